The van der Waals surface area contributed by atoms with Gasteiger partial charge in [-0.15, -0.1) is 0 Å². The van der Waals surface area contributed by atoms with Crippen molar-refractivity contribution in [1.82, 2.24) is 65.5 Å². The first-order valence-electron chi connectivity index (χ1n) is 47.5. The maximum Gasteiger partial charge on any atom is 0.526 e. The quantitative estimate of drug-likeness (QED) is 0.0139. The molecule has 16 amide bonds. The van der Waals surface area contributed by atoms with Crippen molar-refractivity contribution in [2.75, 3.05) is 98.5 Å². The number of halogens is 1. The van der Waals surface area contributed by atoms with Crippen LogP contribution in [0.4, 0.5) is 29.4 Å². The van der Waals surface area contributed by atoms with E-state index in [-0.39, 0.29) is 126 Å². The van der Waals surface area contributed by atoms with Gasteiger partial charge in [0.1, 0.15) is 58.5 Å². The minimum absolute atomic E-state index is 0.00125. The summed E-state index contributed by atoms with van der Waals surface area (Å²) in [5.74, 6) is -15.8. The fourth-order valence-corrected chi connectivity index (χ4v) is 18.0. The Morgan fingerprint density at radius 3 is 1.14 bits per heavy atom. The molecule has 0 spiro atoms. The minimum atomic E-state index is -1.82. The number of benzene rings is 5. The molecule has 9 heterocycles. The molecule has 780 valence electrons. The molecule has 0 saturated carbocycles. The number of carbonyl (C=O) groups is 19. The normalized spacial score (nSPS) is 18.7. The number of Topliss-reactive ketones (excluding diaryl/α,β-unsaturated/α-hetero) is 6. The van der Waals surface area contributed by atoms with Gasteiger partial charge in [0.2, 0.25) is 0 Å². The Bertz CT molecular complexity index is 5990. The summed E-state index contributed by atoms with van der Waals surface area (Å²) in [6.45, 7) is 18.1. The van der Waals surface area contributed by atoms with E-state index < -0.39 is 218 Å². The first-order chi connectivity index (χ1) is 69.7. The number of aromatic hydroxyl groups is 2. The molecule has 46 nitrogen and oxygen atoms in total. The van der Waals surface area contributed by atoms with Gasteiger partial charge in [-0.2, -0.15) is 0 Å². The molecule has 10 atom stereocenters. The van der Waals surface area contributed by atoms with Crippen molar-refractivity contribution in [1.29, 1.82) is 0 Å². The standard InChI is InChI=1S/C26H27BFN3O10.C24H28BN5O6.2C23H30BN3O8/c1-3-30-8-9-31(24(36)23(30)35)26(39)29-20(15-6-7-16(32)21(34)19(15)28)17(33)11-14-10-13-5-4-12(2)18(25(37)38)22(13)41-27(14)40;1-3-29-9-10-30(23(33)22(29)32)24(34)28-20(16-7-8-19(26)27-13-16)18(31)12-17-11-15-6-4-5-14(2)21(15)36-25(17)35;2*1-5-26-9-10-27(22(31)21(26)30)23(32)25-19(14(3)34-4)18(29)12-16-11-15-7-6-8-17(13(2)28)20(15)35-24(16)33/h4-7,14,20,32,34,40H,3,8-11H2,1-2H3,(H,29,39)(H,37,38);4-8,13,17,20,35H,3,9-12H2,1-2H3,(H2,26,27)(H,28,34);2*6-8,14,16,19,33H,5,9-12H2,1-4H3,(H,25,32)/t14-,20?;17-,20?;14-,16+,19+;14-,16+,19-/m1100/s1. The molecule has 14 rings (SSSR count). The monoisotopic (exact) mass is 2040 g/mol. The summed E-state index contributed by atoms with van der Waals surface area (Å²) < 4.78 is 47.9. The van der Waals surface area contributed by atoms with Crippen molar-refractivity contribution in [3.63, 3.8) is 0 Å². The Labute approximate surface area is 844 Å². The number of urea groups is 4. The molecule has 8 aliphatic heterocycles. The van der Waals surface area contributed by atoms with Crippen LogP contribution in [-0.4, -0.2) is 337 Å². The summed E-state index contributed by atoms with van der Waals surface area (Å²) in [5.41, 5.74) is 10.0. The van der Waals surface area contributed by atoms with Crippen molar-refractivity contribution < 1.29 is 159 Å². The number of amides is 16. The first-order valence-corrected chi connectivity index (χ1v) is 47.5. The van der Waals surface area contributed by atoms with Gasteiger partial charge in [0.25, 0.3) is 0 Å². The number of nitrogens with zero attached hydrogens (tertiary/aromatic N) is 9. The number of fused-ring (bicyclic) bond motifs is 4. The molecule has 51 heteroatoms. The molecule has 0 radical (unpaired) electrons. The van der Waals surface area contributed by atoms with Crippen molar-refractivity contribution in [2.24, 2.45) is 0 Å². The third kappa shape index (κ3) is 25.7. The third-order valence-electron chi connectivity index (χ3n) is 26.7. The molecule has 0 aliphatic carbocycles. The molecular weight excluding hydrogens is 1920 g/mol. The highest BCUT2D eigenvalue weighted by atomic mass is 19.1. The van der Waals surface area contributed by atoms with E-state index in [9.17, 15) is 127 Å². The number of piperazine rings is 4. The third-order valence-corrected chi connectivity index (χ3v) is 26.7. The number of ketones is 6. The van der Waals surface area contributed by atoms with Crippen LogP contribution in [0.5, 0.6) is 34.5 Å². The molecular formula is C96H115B4FN14O32. The lowest BCUT2D eigenvalue weighted by Crippen LogP contribution is -2.61. The zero-order valence-corrected chi connectivity index (χ0v) is 82.8. The number of hydrogen-bond acceptors (Lipinski definition) is 33. The van der Waals surface area contributed by atoms with Crippen LogP contribution in [0.1, 0.15) is 169 Å². The number of aromatic nitrogens is 1. The van der Waals surface area contributed by atoms with E-state index in [1.165, 1.54) is 59.9 Å². The summed E-state index contributed by atoms with van der Waals surface area (Å²) >= 11 is 0. The number of methoxy groups -OCH3 is 2. The SMILES string of the molecule is CCN1CCN(C(=O)NC(C(=O)C[C@H]2Cc3ccc(C)c(C(=O)O)c3OB2O)c2ccc(O)c(O)c2F)C(=O)C1=O.CCN1CCN(C(=O)NC(C(=O)C[C@H]2Cc3cccc(C)c3OB2O)c2ccc(N)nc2)C(=O)C1=O.CCN1CCN(C(=O)N[C@@H](C(=O)C[C@H]2Cc3cccc(C(C)=O)c3OB2O)[C@H](C)OC)C(=O)C1=O.CCN1CCN(C(=O)N[C@H](C(=O)C[C@H]2Cc3cccc(C(C)=O)c3OB2O)[C@H](C)OC)C(=O)C1=O. The summed E-state index contributed by atoms with van der Waals surface area (Å²) in [6, 6.07) is 14.9. The van der Waals surface area contributed by atoms with Crippen LogP contribution in [-0.2, 0) is 92.7 Å². The maximum atomic E-state index is 15.0. The van der Waals surface area contributed by atoms with Crippen molar-refractivity contribution >= 4 is 146 Å². The number of ether oxygens (including phenoxy) is 2. The highest BCUT2D eigenvalue weighted by Crippen LogP contribution is 2.44. The van der Waals surface area contributed by atoms with Crippen molar-refractivity contribution in [3.05, 3.63) is 164 Å². The molecule has 13 N–H and O–H groups in total. The topological polar surface area (TPSA) is 634 Å². The Kier molecular flexibility index (Phi) is 37.6. The number of carboxylic acid groups (broad SMARTS) is 1. The first kappa shape index (κ1) is 112. The highest BCUT2D eigenvalue weighted by Gasteiger charge is 2.49. The Balaban J connectivity index is 0.000000187. The van der Waals surface area contributed by atoms with Gasteiger partial charge in [-0.3, -0.25) is 86.7 Å². The van der Waals surface area contributed by atoms with E-state index in [0.29, 0.717) is 87.1 Å². The molecule has 6 aromatic rings. The van der Waals surface area contributed by atoms with Crippen molar-refractivity contribution in [3.8, 4) is 34.5 Å². The van der Waals surface area contributed by atoms with Gasteiger partial charge in [0.15, 0.2) is 52.0 Å². The van der Waals surface area contributed by atoms with Crippen LogP contribution in [0.2, 0.25) is 23.3 Å². The predicted octanol–water partition coefficient (Wildman–Crippen LogP) is 2.86. The summed E-state index contributed by atoms with van der Waals surface area (Å²) in [7, 11) is -2.75. The second-order valence-electron chi connectivity index (χ2n) is 36.1. The average Bonchev–Trinajstić information content (AvgIpc) is 0.721. The lowest BCUT2D eigenvalue weighted by molar-refractivity contribution is -0.153. The number of likely N-dealkylation sites (N-methyl/N-ethyl adjacent to an activating group) is 4. The molecule has 1 aromatic heterocycles. The minimum Gasteiger partial charge on any atom is -0.536 e. The van der Waals surface area contributed by atoms with E-state index in [1.54, 1.807) is 103 Å². The summed E-state index contributed by atoms with van der Waals surface area (Å²) in [5, 5.41) is 81.4. The van der Waals surface area contributed by atoms with Gasteiger partial charge >= 0.3 is 106 Å². The van der Waals surface area contributed by atoms with E-state index in [2.05, 4.69) is 26.3 Å². The molecule has 5 aromatic carbocycles. The number of phenols is 2. The number of nitrogens with two attached hydrogens (primary N) is 1. The molecule has 4 saturated heterocycles. The fourth-order valence-electron chi connectivity index (χ4n) is 18.0. The Hall–Kier alpha value is -15.1. The number of aromatic carboxylic acids is 1. The van der Waals surface area contributed by atoms with Gasteiger partial charge in [0, 0.05) is 159 Å². The second kappa shape index (κ2) is 49.2. The summed E-state index contributed by atoms with van der Waals surface area (Å²) in [6.07, 6.45) is -0.0592. The number of aryl methyl sites for hydroxylation is 2. The number of para-hydroxylation sites is 3. The molecule has 2 unspecified atom stereocenters. The van der Waals surface area contributed by atoms with Gasteiger partial charge in [-0.1, -0.05) is 60.7 Å². The number of rotatable bonds is 29. The number of carbonyl (C=O) groups excluding carboxylic acids is 18. The van der Waals surface area contributed by atoms with Crippen LogP contribution in [0.15, 0.2) is 97.2 Å². The second-order valence-corrected chi connectivity index (χ2v) is 36.1. The zero-order valence-electron chi connectivity index (χ0n) is 82.8. The summed E-state index contributed by atoms with van der Waals surface area (Å²) in [4.78, 5) is 251. The van der Waals surface area contributed by atoms with Crippen molar-refractivity contribution in [2.45, 2.75) is 180 Å². The predicted molar refractivity (Wildman–Crippen MR) is 519 cm³/mol. The average molecular weight is 2040 g/mol. The number of nitrogen functional groups attached to an aromatic ring is 1. The lowest BCUT2D eigenvalue weighted by atomic mass is 9.64. The Morgan fingerprint density at radius 1 is 0.435 bits per heavy atom. The zero-order chi connectivity index (χ0) is 108. The van der Waals surface area contributed by atoms with Gasteiger partial charge in [-0.25, -0.2) is 33.3 Å². The number of nitrogens with one attached hydrogen (secondary N) is 4. The highest BCUT2D eigenvalue weighted by molar-refractivity contribution is 6.49. The molecule has 4 fully saturated rings. The van der Waals surface area contributed by atoms with E-state index in [1.807, 2.05) is 25.1 Å². The van der Waals surface area contributed by atoms with Gasteiger partial charge in [0.05, 0.1) is 23.3 Å². The number of phenolic OH excluding ortho intramolecular Hbond substituents is 2. The van der Waals surface area contributed by atoms with E-state index in [4.69, 9.17) is 33.8 Å². The maximum absolute atomic E-state index is 15.0. The van der Waals surface area contributed by atoms with Crippen LogP contribution in [0.3, 0.4) is 0 Å². The van der Waals surface area contributed by atoms with E-state index >= 15 is 4.39 Å². The lowest BCUT2D eigenvalue weighted by Gasteiger charge is -2.34. The number of pyridine rings is 1. The van der Waals surface area contributed by atoms with Crippen LogP contribution in [0, 0.1) is 19.7 Å². The fraction of sp³-hybridized carbons (Fsp3) is 0.438. The molecule has 8 aliphatic rings. The number of imide groups is 4. The largest absolute Gasteiger partial charge is 0.536 e. The molecule has 0 bridgehead atoms. The Morgan fingerprint density at radius 2 is 0.776 bits per heavy atom. The van der Waals surface area contributed by atoms with Crippen LogP contribution < -0.4 is 45.6 Å². The molecule has 147 heavy (non-hydrogen) atoms. The van der Waals surface area contributed by atoms with E-state index in [0.717, 1.165) is 38.0 Å². The smallest absolute Gasteiger partial charge is 0.526 e. The van der Waals surface area contributed by atoms with Gasteiger partial charge < -0.3 is 110 Å². The number of anilines is 1. The number of carboxylic acids is 1. The van der Waals surface area contributed by atoms with Crippen LogP contribution >= 0.6 is 0 Å². The van der Waals surface area contributed by atoms with Gasteiger partial charge in [-0.05, 0) is 159 Å². The number of hydrogen-bond donors (Lipinski definition) is 12. The van der Waals surface area contributed by atoms with Crippen LogP contribution in [0.25, 0.3) is 0 Å².